The predicted octanol–water partition coefficient (Wildman–Crippen LogP) is 0.687. The van der Waals surface area contributed by atoms with Crippen LogP contribution in [0.4, 0.5) is 5.69 Å². The van der Waals surface area contributed by atoms with Gasteiger partial charge in [0.15, 0.2) is 0 Å². The highest BCUT2D eigenvalue weighted by molar-refractivity contribution is 7.89. The molecule has 1 amide bonds. The summed E-state index contributed by atoms with van der Waals surface area (Å²) in [6, 6.07) is 4.53. The molecule has 3 N–H and O–H groups in total. The number of halogens is 1. The van der Waals surface area contributed by atoms with Crippen LogP contribution in [0.5, 0.6) is 5.75 Å². The lowest BCUT2D eigenvalue weighted by atomic mass is 10.1. The number of anilines is 1. The Morgan fingerprint density at radius 2 is 2.16 bits per heavy atom. The maximum atomic E-state index is 11.9. The number of para-hydroxylation sites is 1. The standard InChI is InChI=1S/C11H13ClN2O4S/c12-8-2-1-3-9(15)11(8)14-5-7(4-10(14)16)6-19(13,17)18/h1-3,7,15H,4-6H2,(H2,13,17,18). The molecule has 6 nitrogen and oxygen atoms in total. The molecule has 1 aromatic carbocycles. The molecular weight excluding hydrogens is 292 g/mol. The van der Waals surface area contributed by atoms with Crippen molar-refractivity contribution in [3.63, 3.8) is 0 Å². The van der Waals surface area contributed by atoms with Gasteiger partial charge in [0.1, 0.15) is 11.4 Å². The molecule has 19 heavy (non-hydrogen) atoms. The number of sulfonamides is 1. The summed E-state index contributed by atoms with van der Waals surface area (Å²) in [7, 11) is -3.63. The number of primary sulfonamides is 1. The Morgan fingerprint density at radius 1 is 1.47 bits per heavy atom. The number of carbonyl (C=O) groups is 1. The van der Waals surface area contributed by atoms with Crippen molar-refractivity contribution in [3.05, 3.63) is 23.2 Å². The van der Waals surface area contributed by atoms with E-state index in [0.717, 1.165) is 0 Å². The summed E-state index contributed by atoms with van der Waals surface area (Å²) >= 11 is 5.96. The number of rotatable bonds is 3. The average molecular weight is 305 g/mol. The van der Waals surface area contributed by atoms with Gasteiger partial charge < -0.3 is 10.0 Å². The summed E-state index contributed by atoms with van der Waals surface area (Å²) in [5, 5.41) is 15.0. The molecule has 1 aromatic rings. The fourth-order valence-electron chi connectivity index (χ4n) is 2.21. The third kappa shape index (κ3) is 3.17. The van der Waals surface area contributed by atoms with Crippen molar-refractivity contribution in [3.8, 4) is 5.75 Å². The number of phenols is 1. The van der Waals surface area contributed by atoms with Crippen LogP contribution in [-0.4, -0.2) is 31.7 Å². The van der Waals surface area contributed by atoms with Crippen LogP contribution in [0.15, 0.2) is 18.2 Å². The first-order valence-corrected chi connectivity index (χ1v) is 7.65. The van der Waals surface area contributed by atoms with Crippen LogP contribution >= 0.6 is 11.6 Å². The van der Waals surface area contributed by atoms with Gasteiger partial charge >= 0.3 is 0 Å². The summed E-state index contributed by atoms with van der Waals surface area (Å²) in [5.74, 6) is -1.05. The number of benzene rings is 1. The van der Waals surface area contributed by atoms with E-state index < -0.39 is 15.9 Å². The highest BCUT2D eigenvalue weighted by atomic mass is 35.5. The van der Waals surface area contributed by atoms with Crippen molar-refractivity contribution in [1.29, 1.82) is 0 Å². The zero-order valence-corrected chi connectivity index (χ0v) is 11.5. The molecule has 2 rings (SSSR count). The SMILES string of the molecule is NS(=O)(=O)CC1CC(=O)N(c2c(O)cccc2Cl)C1. The van der Waals surface area contributed by atoms with Crippen LogP contribution in [0.1, 0.15) is 6.42 Å². The van der Waals surface area contributed by atoms with E-state index in [9.17, 15) is 18.3 Å². The molecule has 1 unspecified atom stereocenters. The van der Waals surface area contributed by atoms with Crippen molar-refractivity contribution < 1.29 is 18.3 Å². The molecule has 1 atom stereocenters. The zero-order valence-electron chi connectivity index (χ0n) is 9.91. The van der Waals surface area contributed by atoms with Gasteiger partial charge in [-0.1, -0.05) is 17.7 Å². The van der Waals surface area contributed by atoms with Gasteiger partial charge in [-0.25, -0.2) is 13.6 Å². The minimum absolute atomic E-state index is 0.0705. The lowest BCUT2D eigenvalue weighted by Crippen LogP contribution is -2.27. The maximum Gasteiger partial charge on any atom is 0.227 e. The topological polar surface area (TPSA) is 101 Å². The Kier molecular flexibility index (Phi) is 3.71. The monoisotopic (exact) mass is 304 g/mol. The van der Waals surface area contributed by atoms with E-state index in [1.807, 2.05) is 0 Å². The third-order valence-electron chi connectivity index (χ3n) is 2.91. The Morgan fingerprint density at radius 3 is 2.74 bits per heavy atom. The van der Waals surface area contributed by atoms with Crippen molar-refractivity contribution in [2.45, 2.75) is 6.42 Å². The minimum Gasteiger partial charge on any atom is -0.506 e. The van der Waals surface area contributed by atoms with Gasteiger partial charge in [-0.2, -0.15) is 0 Å². The molecule has 0 aliphatic carbocycles. The fraction of sp³-hybridized carbons (Fsp3) is 0.364. The number of carbonyl (C=O) groups excluding carboxylic acids is 1. The van der Waals surface area contributed by atoms with Gasteiger partial charge in [-0.3, -0.25) is 4.79 Å². The van der Waals surface area contributed by atoms with E-state index in [2.05, 4.69) is 0 Å². The van der Waals surface area contributed by atoms with Crippen molar-refractivity contribution in [1.82, 2.24) is 0 Å². The van der Waals surface area contributed by atoms with Crippen molar-refractivity contribution >= 4 is 33.2 Å². The average Bonchev–Trinajstić information content (AvgIpc) is 2.56. The Bertz CT molecular complexity index is 597. The third-order valence-corrected chi connectivity index (χ3v) is 4.15. The molecule has 8 heteroatoms. The number of hydrogen-bond donors (Lipinski definition) is 2. The summed E-state index contributed by atoms with van der Waals surface area (Å²) in [4.78, 5) is 13.2. The number of aromatic hydroxyl groups is 1. The predicted molar refractivity (Wildman–Crippen MR) is 71.6 cm³/mol. The number of nitrogens with zero attached hydrogens (tertiary/aromatic N) is 1. The van der Waals surface area contributed by atoms with Crippen LogP contribution in [0.2, 0.25) is 5.02 Å². The zero-order chi connectivity index (χ0) is 14.2. The first kappa shape index (κ1) is 14.1. The first-order valence-electron chi connectivity index (χ1n) is 5.56. The second-order valence-electron chi connectivity index (χ2n) is 4.51. The summed E-state index contributed by atoms with van der Waals surface area (Å²) in [6.45, 7) is 0.173. The van der Waals surface area contributed by atoms with E-state index in [1.165, 1.54) is 11.0 Å². The molecular formula is C11H13ClN2O4S. The minimum atomic E-state index is -3.63. The Balaban J connectivity index is 2.26. The molecule has 1 saturated heterocycles. The molecule has 0 saturated carbocycles. The molecule has 0 radical (unpaired) electrons. The normalized spacial score (nSPS) is 20.0. The number of nitrogens with two attached hydrogens (primary N) is 1. The second kappa shape index (κ2) is 4.99. The lowest BCUT2D eigenvalue weighted by molar-refractivity contribution is -0.117. The van der Waals surface area contributed by atoms with Crippen LogP contribution in [0.25, 0.3) is 0 Å². The molecule has 0 spiro atoms. The quantitative estimate of drug-likeness (QED) is 0.857. The van der Waals surface area contributed by atoms with E-state index in [-0.39, 0.29) is 41.1 Å². The molecule has 0 bridgehead atoms. The van der Waals surface area contributed by atoms with E-state index in [0.29, 0.717) is 0 Å². The highest BCUT2D eigenvalue weighted by Crippen LogP contribution is 2.38. The summed E-state index contributed by atoms with van der Waals surface area (Å²) in [6.07, 6.45) is 0.0705. The van der Waals surface area contributed by atoms with Gasteiger partial charge in [0.2, 0.25) is 15.9 Å². The van der Waals surface area contributed by atoms with E-state index in [1.54, 1.807) is 12.1 Å². The lowest BCUT2D eigenvalue weighted by Gasteiger charge is -2.19. The number of amides is 1. The first-order chi connectivity index (χ1) is 8.78. The number of phenolic OH excluding ortho intramolecular Hbond substituents is 1. The van der Waals surface area contributed by atoms with Crippen LogP contribution in [0.3, 0.4) is 0 Å². The highest BCUT2D eigenvalue weighted by Gasteiger charge is 2.34. The molecule has 1 aliphatic heterocycles. The van der Waals surface area contributed by atoms with Crippen LogP contribution in [0, 0.1) is 5.92 Å². The fourth-order valence-corrected chi connectivity index (χ4v) is 3.36. The van der Waals surface area contributed by atoms with Crippen molar-refractivity contribution in [2.75, 3.05) is 17.2 Å². The summed E-state index contributed by atoms with van der Waals surface area (Å²) in [5.41, 5.74) is 0.214. The molecule has 0 aromatic heterocycles. The Labute approximate surface area is 115 Å². The van der Waals surface area contributed by atoms with Gasteiger partial charge in [0.25, 0.3) is 0 Å². The largest absolute Gasteiger partial charge is 0.506 e. The summed E-state index contributed by atoms with van der Waals surface area (Å²) < 4.78 is 22.1. The van der Waals surface area contributed by atoms with Gasteiger partial charge in [0.05, 0.1) is 10.8 Å². The molecule has 104 valence electrons. The van der Waals surface area contributed by atoms with Gasteiger partial charge in [-0.15, -0.1) is 0 Å². The van der Waals surface area contributed by atoms with Crippen molar-refractivity contribution in [2.24, 2.45) is 11.1 Å². The van der Waals surface area contributed by atoms with E-state index in [4.69, 9.17) is 16.7 Å². The van der Waals surface area contributed by atoms with E-state index >= 15 is 0 Å². The smallest absolute Gasteiger partial charge is 0.227 e. The van der Waals surface area contributed by atoms with Gasteiger partial charge in [0, 0.05) is 18.9 Å². The maximum absolute atomic E-state index is 11.9. The molecule has 1 fully saturated rings. The number of hydrogen-bond acceptors (Lipinski definition) is 4. The molecule has 1 heterocycles. The van der Waals surface area contributed by atoms with Gasteiger partial charge in [-0.05, 0) is 12.1 Å². The Hall–Kier alpha value is -1.31. The second-order valence-corrected chi connectivity index (χ2v) is 6.58. The molecule has 1 aliphatic rings. The van der Waals surface area contributed by atoms with Crippen LogP contribution < -0.4 is 10.0 Å². The van der Waals surface area contributed by atoms with Crippen LogP contribution in [-0.2, 0) is 14.8 Å².